The van der Waals surface area contributed by atoms with Crippen LogP contribution < -0.4 is 0 Å². The molecule has 2 aromatic heterocycles. The Hall–Kier alpha value is -8.21. The van der Waals surface area contributed by atoms with Crippen LogP contribution in [0.5, 0.6) is 0 Å². The third-order valence-electron chi connectivity index (χ3n) is 10.6. The summed E-state index contributed by atoms with van der Waals surface area (Å²) >= 11 is 0. The van der Waals surface area contributed by atoms with E-state index in [4.69, 9.17) is 24.5 Å². The van der Waals surface area contributed by atoms with Gasteiger partial charge in [0.15, 0.2) is 17.5 Å². The number of hydrogen-bond acceptors (Lipinski definition) is 3. The lowest BCUT2D eigenvalue weighted by molar-refractivity contribution is 1.06. The van der Waals surface area contributed by atoms with E-state index in [0.717, 1.165) is 27.8 Å². The lowest BCUT2D eigenvalue weighted by atomic mass is 9.97. The van der Waals surface area contributed by atoms with Crippen LogP contribution in [0.25, 0.3) is 106 Å². The summed E-state index contributed by atoms with van der Waals surface area (Å²) in [6.07, 6.45) is 0. The van der Waals surface area contributed by atoms with Crippen molar-refractivity contribution in [1.82, 2.24) is 19.5 Å². The van der Waals surface area contributed by atoms with Crippen LogP contribution in [0.1, 0.15) is 16.4 Å². The second-order valence-electron chi connectivity index (χ2n) is 14.3. The Balaban J connectivity index is 1.26. The minimum Gasteiger partial charge on any atom is -0.308 e. The van der Waals surface area contributed by atoms with Gasteiger partial charge in [-0.25, -0.2) is 15.0 Å². The fourth-order valence-corrected chi connectivity index (χ4v) is 7.63. The molecule has 4 heteroatoms. The summed E-state index contributed by atoms with van der Waals surface area (Å²) < 4.78 is 110. The number of para-hydroxylation sites is 1. The summed E-state index contributed by atoms with van der Waals surface area (Å²) in [5.41, 5.74) is 6.03. The van der Waals surface area contributed by atoms with E-state index in [0.29, 0.717) is 33.9 Å². The molecule has 0 unspecified atom stereocenters. The van der Waals surface area contributed by atoms with Crippen LogP contribution in [0.2, 0.25) is 0 Å². The Kier molecular flexibility index (Phi) is 6.44. The summed E-state index contributed by atoms with van der Waals surface area (Å²) in [6.45, 7) is 0. The molecule has 0 aliphatic heterocycles. The monoisotopic (exact) mass is 790 g/mol. The SMILES string of the molecule is [2H]c1c([2H])c([2H])c(-c2c([2H])c([2H])c3c(c2[2H])c2c([2H])c([2H])c([2H])c([2H])c2n3-c2cc(-c3cccc(-c4ccccc4)c3)ccc2-c2nc(-c3ccccc3)nc(-c3ccc(-c4ccccc4)cc3)n2)c([2H])c1[2H]. The largest absolute Gasteiger partial charge is 0.308 e. The molecule has 0 bridgehead atoms. The van der Waals surface area contributed by atoms with Crippen LogP contribution in [-0.4, -0.2) is 19.5 Å². The lowest BCUT2D eigenvalue weighted by Gasteiger charge is -2.17. The molecule has 0 N–H and O–H groups in total. The first-order valence-corrected chi connectivity index (χ1v) is 19.6. The first kappa shape index (κ1) is 25.3. The summed E-state index contributed by atoms with van der Waals surface area (Å²) in [6, 6.07) is 42.8. The van der Waals surface area contributed by atoms with Crippen molar-refractivity contribution < 1.29 is 16.4 Å². The number of hydrogen-bond donors (Lipinski definition) is 0. The molecule has 286 valence electrons. The van der Waals surface area contributed by atoms with Gasteiger partial charge >= 0.3 is 0 Å². The smallest absolute Gasteiger partial charge is 0.166 e. The summed E-state index contributed by atoms with van der Waals surface area (Å²) in [7, 11) is 0. The average molecular weight is 791 g/mol. The normalized spacial score (nSPS) is 14.0. The highest BCUT2D eigenvalue weighted by Crippen LogP contribution is 2.40. The number of benzene rings is 9. The van der Waals surface area contributed by atoms with E-state index in [9.17, 15) is 6.85 Å². The highest BCUT2D eigenvalue weighted by molar-refractivity contribution is 6.11. The van der Waals surface area contributed by atoms with Gasteiger partial charge in [0.05, 0.1) is 33.2 Å². The Morgan fingerprint density at radius 3 is 1.52 bits per heavy atom. The van der Waals surface area contributed by atoms with Gasteiger partial charge in [0.25, 0.3) is 0 Å². The zero-order valence-electron chi connectivity index (χ0n) is 44.3. The second-order valence-corrected chi connectivity index (χ2v) is 14.3. The van der Waals surface area contributed by atoms with Gasteiger partial charge < -0.3 is 4.57 Å². The molecule has 0 aliphatic rings. The summed E-state index contributed by atoms with van der Waals surface area (Å²) in [4.78, 5) is 15.2. The van der Waals surface area contributed by atoms with Gasteiger partial charge in [-0.3, -0.25) is 0 Å². The summed E-state index contributed by atoms with van der Waals surface area (Å²) in [5.74, 6) is 0.809. The predicted molar refractivity (Wildman–Crippen MR) is 252 cm³/mol. The van der Waals surface area contributed by atoms with E-state index < -0.39 is 83.6 Å². The van der Waals surface area contributed by atoms with Crippen molar-refractivity contribution in [3.8, 4) is 84.4 Å². The fraction of sp³-hybridized carbons (Fsp3) is 0. The third kappa shape index (κ3) is 6.86. The van der Waals surface area contributed by atoms with Crippen molar-refractivity contribution in [3.05, 3.63) is 230 Å². The zero-order chi connectivity index (χ0) is 51.0. The van der Waals surface area contributed by atoms with Crippen molar-refractivity contribution in [1.29, 1.82) is 0 Å². The van der Waals surface area contributed by atoms with Gasteiger partial charge in [-0.2, -0.15) is 0 Å². The van der Waals surface area contributed by atoms with E-state index in [2.05, 4.69) is 0 Å². The molecule has 0 fully saturated rings. The van der Waals surface area contributed by atoms with Crippen LogP contribution >= 0.6 is 0 Å². The quantitative estimate of drug-likeness (QED) is 0.154. The van der Waals surface area contributed by atoms with Gasteiger partial charge in [-0.1, -0.05) is 194 Å². The van der Waals surface area contributed by atoms with Crippen molar-refractivity contribution in [2.24, 2.45) is 0 Å². The maximum atomic E-state index is 9.83. The van der Waals surface area contributed by atoms with Gasteiger partial charge in [-0.15, -0.1) is 0 Å². The van der Waals surface area contributed by atoms with Crippen LogP contribution in [0, 0.1) is 0 Å². The zero-order valence-corrected chi connectivity index (χ0v) is 32.3. The first-order chi connectivity index (χ1) is 35.2. The van der Waals surface area contributed by atoms with E-state index in [-0.39, 0.29) is 33.3 Å². The highest BCUT2D eigenvalue weighted by Gasteiger charge is 2.21. The molecular weight excluding hydrogens is 741 g/mol. The number of nitrogens with zero attached hydrogens (tertiary/aromatic N) is 4. The van der Waals surface area contributed by atoms with Crippen LogP contribution in [0.3, 0.4) is 0 Å². The van der Waals surface area contributed by atoms with Gasteiger partial charge in [0.1, 0.15) is 0 Å². The Morgan fingerprint density at radius 1 is 0.328 bits per heavy atom. The van der Waals surface area contributed by atoms with Crippen molar-refractivity contribution in [2.75, 3.05) is 0 Å². The third-order valence-corrected chi connectivity index (χ3v) is 10.6. The standard InChI is InChI=1S/C57H38N4/c1-5-16-39(17-6-1)42-28-30-44(31-29-42)56-58-55(43-22-11-4-12-23-43)59-57(60-56)50-34-32-48(46-25-15-24-45(36-46)40-18-7-2-8-19-40)38-54(50)61-52-27-14-13-26-49(52)51-37-47(33-35-53(51)61)41-20-9-3-10-21-41/h1-38H/i3D,9D,10D,13D,14D,20D,21D,26D,27D,33D,35D,37D. The Morgan fingerprint density at radius 2 is 0.820 bits per heavy atom. The molecule has 0 spiro atoms. The predicted octanol–water partition coefficient (Wildman–Crippen LogP) is 14.6. The number of aromatic nitrogens is 4. The molecule has 0 atom stereocenters. The van der Waals surface area contributed by atoms with Crippen molar-refractivity contribution in [2.45, 2.75) is 0 Å². The molecule has 0 aliphatic carbocycles. The molecule has 0 amide bonds. The topological polar surface area (TPSA) is 43.6 Å². The van der Waals surface area contributed by atoms with Gasteiger partial charge in [-0.05, 0) is 80.8 Å². The van der Waals surface area contributed by atoms with Gasteiger partial charge in [0.2, 0.25) is 0 Å². The molecule has 2 heterocycles. The van der Waals surface area contributed by atoms with Gasteiger partial charge in [0, 0.05) is 27.5 Å². The molecule has 4 nitrogen and oxygen atoms in total. The molecule has 0 saturated heterocycles. The lowest BCUT2D eigenvalue weighted by Crippen LogP contribution is -2.04. The van der Waals surface area contributed by atoms with Crippen LogP contribution in [0.15, 0.2) is 230 Å². The minimum absolute atomic E-state index is 0.133. The molecular formula is C57H38N4. The molecule has 11 rings (SSSR count). The first-order valence-electron chi connectivity index (χ1n) is 25.6. The van der Waals surface area contributed by atoms with E-state index in [1.54, 1.807) is 12.1 Å². The number of fused-ring (bicyclic) bond motifs is 3. The van der Waals surface area contributed by atoms with Crippen molar-refractivity contribution in [3.63, 3.8) is 0 Å². The highest BCUT2D eigenvalue weighted by atomic mass is 15.1. The maximum absolute atomic E-state index is 9.83. The molecule has 0 saturated carbocycles. The maximum Gasteiger partial charge on any atom is 0.166 e. The second kappa shape index (κ2) is 15.5. The van der Waals surface area contributed by atoms with E-state index in [1.165, 1.54) is 4.57 Å². The molecule has 9 aromatic carbocycles. The molecule has 11 aromatic rings. The molecule has 0 radical (unpaired) electrons. The Bertz CT molecular complexity index is 4010. The molecule has 61 heavy (non-hydrogen) atoms. The Labute approximate surface area is 371 Å². The average Bonchev–Trinajstić information content (AvgIpc) is 3.81. The summed E-state index contributed by atoms with van der Waals surface area (Å²) in [5, 5.41) is -0.359. The number of rotatable bonds is 8. The minimum atomic E-state index is -0.706. The van der Waals surface area contributed by atoms with Crippen molar-refractivity contribution >= 4 is 21.8 Å². The fourth-order valence-electron chi connectivity index (χ4n) is 7.63. The van der Waals surface area contributed by atoms with Crippen LogP contribution in [0.4, 0.5) is 0 Å². The van der Waals surface area contributed by atoms with E-state index in [1.807, 2.05) is 146 Å². The van der Waals surface area contributed by atoms with E-state index >= 15 is 0 Å². The van der Waals surface area contributed by atoms with Crippen LogP contribution in [-0.2, 0) is 0 Å².